The maximum Gasteiger partial charge on any atom is 0.257 e. The van der Waals surface area contributed by atoms with Crippen LogP contribution in [0.5, 0.6) is 0 Å². The van der Waals surface area contributed by atoms with Crippen LogP contribution in [-0.4, -0.2) is 38.8 Å². The first kappa shape index (κ1) is 13.7. The number of rotatable bonds is 1. The average molecular weight is 302 g/mol. The molecule has 1 aromatic carbocycles. The number of hydrogen-bond donors (Lipinski definition) is 1. The summed E-state index contributed by atoms with van der Waals surface area (Å²) in [6, 6.07) is 3.03. The minimum Gasteiger partial charge on any atom is -0.335 e. The molecule has 6 heteroatoms. The van der Waals surface area contributed by atoms with Crippen LogP contribution in [0.15, 0.2) is 12.1 Å². The van der Waals surface area contributed by atoms with Crippen molar-refractivity contribution in [2.75, 3.05) is 6.54 Å². The molecule has 116 valence electrons. The second-order valence-corrected chi connectivity index (χ2v) is 7.17. The summed E-state index contributed by atoms with van der Waals surface area (Å²) >= 11 is 0. The highest BCUT2D eigenvalue weighted by molar-refractivity contribution is 5.98. The van der Waals surface area contributed by atoms with Crippen LogP contribution in [0.25, 0.3) is 11.0 Å². The molecule has 1 aliphatic heterocycles. The third kappa shape index (κ3) is 1.86. The predicted octanol–water partition coefficient (Wildman–Crippen LogP) is 2.75. The average Bonchev–Trinajstić information content (AvgIpc) is 3.15. The molecule has 2 atom stereocenters. The fourth-order valence-electron chi connectivity index (χ4n) is 4.30. The van der Waals surface area contributed by atoms with Crippen molar-refractivity contribution in [1.82, 2.24) is 20.3 Å². The van der Waals surface area contributed by atoms with Gasteiger partial charge in [-0.05, 0) is 30.2 Å². The van der Waals surface area contributed by atoms with Crippen molar-refractivity contribution in [1.29, 1.82) is 0 Å². The highest BCUT2D eigenvalue weighted by atomic mass is 19.1. The molecule has 5 nitrogen and oxygen atoms in total. The number of nitrogens with one attached hydrogen (secondary N) is 1. The molecular weight excluding hydrogens is 283 g/mol. The molecule has 1 aromatic heterocycles. The fourth-order valence-corrected chi connectivity index (χ4v) is 4.30. The van der Waals surface area contributed by atoms with Gasteiger partial charge in [0.2, 0.25) is 0 Å². The highest BCUT2D eigenvalue weighted by Gasteiger charge is 2.50. The van der Waals surface area contributed by atoms with Gasteiger partial charge in [0.15, 0.2) is 0 Å². The van der Waals surface area contributed by atoms with E-state index < -0.39 is 5.82 Å². The van der Waals surface area contributed by atoms with Crippen LogP contribution in [0.3, 0.4) is 0 Å². The van der Waals surface area contributed by atoms with Gasteiger partial charge in [-0.15, -0.1) is 0 Å². The van der Waals surface area contributed by atoms with Crippen molar-refractivity contribution in [2.45, 2.75) is 39.2 Å². The molecule has 22 heavy (non-hydrogen) atoms. The van der Waals surface area contributed by atoms with E-state index in [-0.39, 0.29) is 22.9 Å². The van der Waals surface area contributed by atoms with Gasteiger partial charge in [0.25, 0.3) is 5.91 Å². The number of fused-ring (bicyclic) bond motifs is 2. The lowest BCUT2D eigenvalue weighted by Gasteiger charge is -2.24. The van der Waals surface area contributed by atoms with Crippen molar-refractivity contribution in [3.63, 3.8) is 0 Å². The van der Waals surface area contributed by atoms with E-state index in [0.717, 1.165) is 19.3 Å². The van der Waals surface area contributed by atoms with E-state index in [9.17, 15) is 9.18 Å². The smallest absolute Gasteiger partial charge is 0.257 e. The minimum atomic E-state index is -0.523. The summed E-state index contributed by atoms with van der Waals surface area (Å²) in [5.74, 6) is -0.217. The first-order valence-electron chi connectivity index (χ1n) is 7.78. The Hall–Kier alpha value is -1.98. The van der Waals surface area contributed by atoms with E-state index in [1.807, 2.05) is 4.90 Å². The van der Waals surface area contributed by atoms with Crippen LogP contribution < -0.4 is 0 Å². The summed E-state index contributed by atoms with van der Waals surface area (Å²) in [6.45, 7) is 5.11. The normalized spacial score (nSPS) is 26.6. The van der Waals surface area contributed by atoms with Gasteiger partial charge >= 0.3 is 0 Å². The summed E-state index contributed by atoms with van der Waals surface area (Å²) in [5.41, 5.74) is 1.16. The number of aromatic nitrogens is 3. The number of benzene rings is 1. The Morgan fingerprint density at radius 1 is 1.32 bits per heavy atom. The van der Waals surface area contributed by atoms with Crippen LogP contribution >= 0.6 is 0 Å². The lowest BCUT2D eigenvalue weighted by molar-refractivity contribution is 0.0717. The monoisotopic (exact) mass is 302 g/mol. The standard InChI is InChI=1S/C16H19FN4O/c1-16(2)8-21(14-5-3-4-10(14)16)15(22)9-6-12-13(7-11(9)17)19-20-18-12/h6-7,10,14H,3-5,8H2,1-2H3,(H,18,19,20)/t10-,14+/m0/s1. The zero-order chi connectivity index (χ0) is 15.5. The second-order valence-electron chi connectivity index (χ2n) is 7.17. The third-order valence-corrected chi connectivity index (χ3v) is 5.36. The Kier molecular flexibility index (Phi) is 2.80. The molecule has 0 bridgehead atoms. The van der Waals surface area contributed by atoms with Gasteiger partial charge in [0, 0.05) is 18.7 Å². The topological polar surface area (TPSA) is 61.9 Å². The van der Waals surface area contributed by atoms with Crippen molar-refractivity contribution >= 4 is 16.9 Å². The summed E-state index contributed by atoms with van der Waals surface area (Å²) < 4.78 is 14.3. The van der Waals surface area contributed by atoms with Gasteiger partial charge in [0.05, 0.1) is 5.56 Å². The lowest BCUT2D eigenvalue weighted by Crippen LogP contribution is -2.36. The van der Waals surface area contributed by atoms with Crippen LogP contribution in [0.1, 0.15) is 43.5 Å². The first-order valence-corrected chi connectivity index (χ1v) is 7.78. The Bertz CT molecular complexity index is 754. The molecule has 2 heterocycles. The number of halogens is 1. The van der Waals surface area contributed by atoms with E-state index in [0.29, 0.717) is 23.5 Å². The van der Waals surface area contributed by atoms with E-state index in [1.165, 1.54) is 12.1 Å². The van der Waals surface area contributed by atoms with Gasteiger partial charge in [-0.3, -0.25) is 4.79 Å². The maximum absolute atomic E-state index is 14.3. The summed E-state index contributed by atoms with van der Waals surface area (Å²) in [4.78, 5) is 14.8. The van der Waals surface area contributed by atoms with E-state index in [1.54, 1.807) is 0 Å². The fraction of sp³-hybridized carbons (Fsp3) is 0.562. The molecule has 4 rings (SSSR count). The number of H-pyrrole nitrogens is 1. The maximum atomic E-state index is 14.3. The molecule has 1 aliphatic carbocycles. The van der Waals surface area contributed by atoms with Crippen LogP contribution in [0.4, 0.5) is 4.39 Å². The summed E-state index contributed by atoms with van der Waals surface area (Å²) in [6.07, 6.45) is 3.33. The van der Waals surface area contributed by atoms with Crippen LogP contribution in [0, 0.1) is 17.2 Å². The van der Waals surface area contributed by atoms with Crippen molar-refractivity contribution in [3.8, 4) is 0 Å². The van der Waals surface area contributed by atoms with E-state index in [4.69, 9.17) is 0 Å². The first-order chi connectivity index (χ1) is 10.5. The molecule has 2 aromatic rings. The molecule has 2 aliphatic rings. The zero-order valence-electron chi connectivity index (χ0n) is 12.8. The molecular formula is C16H19FN4O. The summed E-state index contributed by atoms with van der Waals surface area (Å²) in [5, 5.41) is 10.3. The molecule has 0 unspecified atom stereocenters. The second kappa shape index (κ2) is 4.51. The predicted molar refractivity (Wildman–Crippen MR) is 79.8 cm³/mol. The Morgan fingerprint density at radius 3 is 2.82 bits per heavy atom. The largest absolute Gasteiger partial charge is 0.335 e. The van der Waals surface area contributed by atoms with Crippen LogP contribution in [-0.2, 0) is 0 Å². The quantitative estimate of drug-likeness (QED) is 0.881. The Balaban J connectivity index is 1.72. The number of hydrogen-bond acceptors (Lipinski definition) is 3. The van der Waals surface area contributed by atoms with Crippen molar-refractivity contribution < 1.29 is 9.18 Å². The Morgan fingerprint density at radius 2 is 2.05 bits per heavy atom. The number of aromatic amines is 1. The van der Waals surface area contributed by atoms with Crippen molar-refractivity contribution in [2.24, 2.45) is 11.3 Å². The zero-order valence-corrected chi connectivity index (χ0v) is 12.8. The Labute approximate surface area is 127 Å². The number of likely N-dealkylation sites (tertiary alicyclic amines) is 1. The number of amides is 1. The molecule has 2 fully saturated rings. The van der Waals surface area contributed by atoms with Gasteiger partial charge < -0.3 is 4.90 Å². The third-order valence-electron chi connectivity index (χ3n) is 5.36. The van der Waals surface area contributed by atoms with Crippen molar-refractivity contribution in [3.05, 3.63) is 23.5 Å². The number of carbonyl (C=O) groups excluding carboxylic acids is 1. The molecule has 1 saturated carbocycles. The lowest BCUT2D eigenvalue weighted by atomic mass is 9.80. The molecule has 1 N–H and O–H groups in total. The number of carbonyl (C=O) groups is 1. The van der Waals surface area contributed by atoms with Gasteiger partial charge in [-0.25, -0.2) is 4.39 Å². The van der Waals surface area contributed by atoms with Gasteiger partial charge in [-0.2, -0.15) is 15.4 Å². The van der Waals surface area contributed by atoms with Gasteiger partial charge in [0.1, 0.15) is 16.9 Å². The summed E-state index contributed by atoms with van der Waals surface area (Å²) in [7, 11) is 0. The van der Waals surface area contributed by atoms with E-state index in [2.05, 4.69) is 29.3 Å². The molecule has 1 amide bonds. The molecule has 1 saturated heterocycles. The SMILES string of the molecule is CC1(C)CN(C(=O)c2cc3n[nH]nc3cc2F)[C@@H]2CCC[C@@H]21. The van der Waals surface area contributed by atoms with Gasteiger partial charge in [-0.1, -0.05) is 20.3 Å². The highest BCUT2D eigenvalue weighted by Crippen LogP contribution is 2.48. The molecule has 0 radical (unpaired) electrons. The molecule has 0 spiro atoms. The number of nitrogens with zero attached hydrogens (tertiary/aromatic N) is 3. The van der Waals surface area contributed by atoms with E-state index >= 15 is 0 Å². The minimum absolute atomic E-state index is 0.102. The van der Waals surface area contributed by atoms with Crippen LogP contribution in [0.2, 0.25) is 0 Å².